The molecule has 6 heteroatoms. The number of nitrogens with one attached hydrogen (secondary N) is 1. The first-order chi connectivity index (χ1) is 16.5. The summed E-state index contributed by atoms with van der Waals surface area (Å²) in [7, 11) is 0. The number of anilines is 1. The van der Waals surface area contributed by atoms with Crippen LogP contribution in [0.25, 0.3) is 33.0 Å². The van der Waals surface area contributed by atoms with Crippen LogP contribution in [0.15, 0.2) is 89.6 Å². The van der Waals surface area contributed by atoms with E-state index in [-0.39, 0.29) is 25.5 Å². The SMILES string of the molecule is CC(C)(C)Cc1ccnn1-c1[c-]cccc1.[Ir+3].[N-]=C/C=C\Nc1[c-]ccc2c1oc1ccccc12. The summed E-state index contributed by atoms with van der Waals surface area (Å²) >= 11 is 0. The number of benzene rings is 3. The van der Waals surface area contributed by atoms with Crippen LogP contribution in [0.4, 0.5) is 5.69 Å². The summed E-state index contributed by atoms with van der Waals surface area (Å²) in [6.45, 7) is 6.71. The number of hydrogen-bond acceptors (Lipinski definition) is 3. The largest absolute Gasteiger partial charge is 3.00 e. The van der Waals surface area contributed by atoms with E-state index in [0.29, 0.717) is 0 Å². The summed E-state index contributed by atoms with van der Waals surface area (Å²) < 4.78 is 7.78. The predicted octanol–water partition coefficient (Wildman–Crippen LogP) is 7.21. The van der Waals surface area contributed by atoms with E-state index in [1.807, 2.05) is 71.5 Å². The van der Waals surface area contributed by atoms with Crippen molar-refractivity contribution >= 4 is 33.8 Å². The van der Waals surface area contributed by atoms with Crippen LogP contribution in [0, 0.1) is 17.5 Å². The fraction of sp³-hybridized carbons (Fsp3) is 0.172. The van der Waals surface area contributed by atoms with Gasteiger partial charge in [-0.3, -0.25) is 4.68 Å². The Morgan fingerprint density at radius 3 is 2.54 bits per heavy atom. The zero-order valence-corrected chi connectivity index (χ0v) is 22.3. The molecule has 35 heavy (non-hydrogen) atoms. The Morgan fingerprint density at radius 1 is 1.00 bits per heavy atom. The molecule has 0 unspecified atom stereocenters. The van der Waals surface area contributed by atoms with E-state index in [4.69, 9.17) is 9.83 Å². The molecule has 178 valence electrons. The Balaban J connectivity index is 0.000000192. The average Bonchev–Trinajstić information content (AvgIpc) is 3.44. The maximum Gasteiger partial charge on any atom is 3.00 e. The minimum atomic E-state index is 0. The fourth-order valence-corrected chi connectivity index (χ4v) is 3.71. The quantitative estimate of drug-likeness (QED) is 0.163. The molecule has 0 amide bonds. The van der Waals surface area contributed by atoms with Gasteiger partial charge in [0.2, 0.25) is 0 Å². The Morgan fingerprint density at radius 2 is 1.80 bits per heavy atom. The van der Waals surface area contributed by atoms with Gasteiger partial charge in [-0.05, 0) is 41.5 Å². The minimum Gasteiger partial charge on any atom is -0.811 e. The zero-order chi connectivity index (χ0) is 24.0. The smallest absolute Gasteiger partial charge is 0.811 e. The van der Waals surface area contributed by atoms with Gasteiger partial charge in [-0.1, -0.05) is 50.4 Å². The summed E-state index contributed by atoms with van der Waals surface area (Å²) in [4.78, 5) is 0. The molecule has 5 nitrogen and oxygen atoms in total. The second kappa shape index (κ2) is 11.8. The molecule has 0 saturated heterocycles. The van der Waals surface area contributed by atoms with Gasteiger partial charge in [0.05, 0.1) is 0 Å². The molecule has 3 aromatic carbocycles. The molecule has 0 spiro atoms. The maximum absolute atomic E-state index is 8.59. The van der Waals surface area contributed by atoms with Crippen LogP contribution in [0.3, 0.4) is 0 Å². The molecule has 5 rings (SSSR count). The molecule has 0 aliphatic carbocycles. The number of rotatable bonds is 5. The summed E-state index contributed by atoms with van der Waals surface area (Å²) in [5.41, 5.74) is 4.88. The summed E-state index contributed by atoms with van der Waals surface area (Å²) in [6, 6.07) is 28.0. The summed E-state index contributed by atoms with van der Waals surface area (Å²) in [5.74, 6) is 0. The van der Waals surface area contributed by atoms with Crippen molar-refractivity contribution < 1.29 is 24.5 Å². The molecular weight excluding hydrogens is 613 g/mol. The van der Waals surface area contributed by atoms with Crippen LogP contribution in [-0.4, -0.2) is 16.0 Å². The molecule has 0 atom stereocenters. The number of para-hydroxylation sites is 2. The number of nitrogens with zero attached hydrogens (tertiary/aromatic N) is 3. The number of hydrogen-bond donors (Lipinski definition) is 1. The van der Waals surface area contributed by atoms with Gasteiger partial charge in [-0.2, -0.15) is 53.8 Å². The Bertz CT molecular complexity index is 1410. The van der Waals surface area contributed by atoms with E-state index >= 15 is 0 Å². The monoisotopic (exact) mass is 640 g/mol. The molecule has 0 saturated carbocycles. The van der Waals surface area contributed by atoms with Gasteiger partial charge < -0.3 is 15.1 Å². The van der Waals surface area contributed by atoms with Crippen molar-refractivity contribution in [3.05, 3.63) is 108 Å². The Kier molecular flexibility index (Phi) is 8.80. The normalized spacial score (nSPS) is 11.2. The minimum absolute atomic E-state index is 0. The Labute approximate surface area is 219 Å². The van der Waals surface area contributed by atoms with Crippen molar-refractivity contribution in [2.75, 3.05) is 5.32 Å². The van der Waals surface area contributed by atoms with Gasteiger partial charge in [0, 0.05) is 22.9 Å². The summed E-state index contributed by atoms with van der Waals surface area (Å²) in [5, 5.41) is 18.1. The third-order valence-corrected chi connectivity index (χ3v) is 5.10. The van der Waals surface area contributed by atoms with Crippen molar-refractivity contribution in [1.29, 1.82) is 0 Å². The van der Waals surface area contributed by atoms with Crippen LogP contribution in [0.5, 0.6) is 0 Å². The van der Waals surface area contributed by atoms with Crippen molar-refractivity contribution in [2.24, 2.45) is 5.41 Å². The number of fused-ring (bicyclic) bond motifs is 3. The number of allylic oxidation sites excluding steroid dienone is 1. The third kappa shape index (κ3) is 6.56. The first-order valence-electron chi connectivity index (χ1n) is 11.2. The summed E-state index contributed by atoms with van der Waals surface area (Å²) in [6.07, 6.45) is 6.94. The van der Waals surface area contributed by atoms with E-state index in [1.165, 1.54) is 11.8 Å². The fourth-order valence-electron chi connectivity index (χ4n) is 3.71. The van der Waals surface area contributed by atoms with Gasteiger partial charge in [0.1, 0.15) is 5.58 Å². The third-order valence-electron chi connectivity index (χ3n) is 5.10. The van der Waals surface area contributed by atoms with E-state index in [1.54, 1.807) is 6.20 Å². The van der Waals surface area contributed by atoms with Crippen molar-refractivity contribution in [2.45, 2.75) is 27.2 Å². The van der Waals surface area contributed by atoms with Crippen LogP contribution in [-0.2, 0) is 26.5 Å². The standard InChI is InChI=1S/C15H10N2O.C14H17N2.Ir/c16-9-4-10-17-13-7-3-6-12-11-5-1-2-8-14(11)18-15(12)13;1-14(2,3)11-13-9-10-15-16(13)12-7-5-4-6-8-12;/h1-6,8-10,17H;4-7,9-10H,11H2,1-3H3;/q-2;-1;+3/b10-4-;;. The predicted molar refractivity (Wildman–Crippen MR) is 140 cm³/mol. The Hall–Kier alpha value is -3.47. The topological polar surface area (TPSA) is 65.3 Å². The van der Waals surface area contributed by atoms with Crippen LogP contribution >= 0.6 is 0 Å². The molecule has 0 bridgehead atoms. The van der Waals surface area contributed by atoms with E-state index in [0.717, 1.165) is 45.9 Å². The molecule has 0 radical (unpaired) electrons. The zero-order valence-electron chi connectivity index (χ0n) is 20.0. The number of furan rings is 1. The first-order valence-corrected chi connectivity index (χ1v) is 11.2. The molecule has 5 aromatic rings. The van der Waals surface area contributed by atoms with Gasteiger partial charge in [-0.15, -0.1) is 6.07 Å². The molecule has 1 N–H and O–H groups in total. The van der Waals surface area contributed by atoms with E-state index in [9.17, 15) is 0 Å². The van der Waals surface area contributed by atoms with Crippen LogP contribution in [0.2, 0.25) is 0 Å². The molecule has 0 aliphatic rings. The molecule has 2 aromatic heterocycles. The first kappa shape index (κ1) is 26.1. The molecular formula is C29H27IrN4O. The average molecular weight is 640 g/mol. The van der Waals surface area contributed by atoms with Gasteiger partial charge in [0.25, 0.3) is 0 Å². The van der Waals surface area contributed by atoms with Crippen molar-refractivity contribution in [3.8, 4) is 5.69 Å². The van der Waals surface area contributed by atoms with Crippen LogP contribution in [0.1, 0.15) is 26.5 Å². The second-order valence-corrected chi connectivity index (χ2v) is 9.07. The maximum atomic E-state index is 8.59. The second-order valence-electron chi connectivity index (χ2n) is 9.07. The van der Waals surface area contributed by atoms with Gasteiger partial charge >= 0.3 is 20.1 Å². The van der Waals surface area contributed by atoms with Crippen LogP contribution < -0.4 is 5.32 Å². The van der Waals surface area contributed by atoms with Crippen molar-refractivity contribution in [1.82, 2.24) is 9.78 Å². The van der Waals surface area contributed by atoms with Gasteiger partial charge in [-0.25, -0.2) is 0 Å². The molecule has 2 heterocycles. The van der Waals surface area contributed by atoms with E-state index < -0.39 is 0 Å². The molecule has 0 fully saturated rings. The number of aromatic nitrogens is 2. The van der Waals surface area contributed by atoms with Crippen molar-refractivity contribution in [3.63, 3.8) is 0 Å². The molecule has 0 aliphatic heterocycles. The van der Waals surface area contributed by atoms with E-state index in [2.05, 4.69) is 49.4 Å². The van der Waals surface area contributed by atoms with Gasteiger partial charge in [0.15, 0.2) is 0 Å².